The SMILES string of the molecule is O=C(c1ccccn1)N1[C@@H]2CCCC[C@@]1(c1ccccc1)C2. The van der Waals surface area contributed by atoms with E-state index >= 15 is 0 Å². The van der Waals surface area contributed by atoms with E-state index in [4.69, 9.17) is 0 Å². The van der Waals surface area contributed by atoms with Gasteiger partial charge in [-0.15, -0.1) is 0 Å². The molecule has 3 nitrogen and oxygen atoms in total. The molecular formula is C19H20N2O. The average Bonchev–Trinajstić information content (AvgIpc) is 2.90. The number of rotatable bonds is 2. The van der Waals surface area contributed by atoms with Crippen molar-refractivity contribution < 1.29 is 4.79 Å². The zero-order chi connectivity index (χ0) is 15.0. The Bertz CT molecular complexity index is 666. The lowest BCUT2D eigenvalue weighted by Gasteiger charge is -2.57. The zero-order valence-corrected chi connectivity index (χ0v) is 12.6. The molecule has 2 fully saturated rings. The second-order valence-corrected chi connectivity index (χ2v) is 6.39. The number of pyridine rings is 1. The fraction of sp³-hybridized carbons (Fsp3) is 0.368. The Kier molecular flexibility index (Phi) is 3.21. The van der Waals surface area contributed by atoms with Gasteiger partial charge >= 0.3 is 0 Å². The van der Waals surface area contributed by atoms with Crippen LogP contribution in [-0.4, -0.2) is 21.8 Å². The van der Waals surface area contributed by atoms with E-state index in [2.05, 4.69) is 34.1 Å². The van der Waals surface area contributed by atoms with Crippen LogP contribution in [0.2, 0.25) is 0 Å². The van der Waals surface area contributed by atoms with Gasteiger partial charge in [0.15, 0.2) is 0 Å². The van der Waals surface area contributed by atoms with E-state index in [1.165, 1.54) is 18.4 Å². The number of hydrogen-bond acceptors (Lipinski definition) is 2. The number of hydrogen-bond donors (Lipinski definition) is 0. The van der Waals surface area contributed by atoms with Gasteiger partial charge in [0.05, 0.1) is 5.54 Å². The summed E-state index contributed by atoms with van der Waals surface area (Å²) in [6.45, 7) is 0. The van der Waals surface area contributed by atoms with Gasteiger partial charge in [-0.05, 0) is 37.0 Å². The molecule has 1 aromatic carbocycles. The van der Waals surface area contributed by atoms with Crippen LogP contribution in [0, 0.1) is 0 Å². The maximum Gasteiger partial charge on any atom is 0.273 e. The summed E-state index contributed by atoms with van der Waals surface area (Å²) in [5.74, 6) is 0.0857. The van der Waals surface area contributed by atoms with Gasteiger partial charge in [-0.1, -0.05) is 49.2 Å². The normalized spacial score (nSPS) is 26.9. The van der Waals surface area contributed by atoms with Gasteiger partial charge < -0.3 is 4.90 Å². The van der Waals surface area contributed by atoms with Crippen LogP contribution in [0.25, 0.3) is 0 Å². The second kappa shape index (κ2) is 5.24. The number of carbonyl (C=O) groups is 1. The van der Waals surface area contributed by atoms with Crippen LogP contribution in [0.4, 0.5) is 0 Å². The lowest BCUT2D eigenvalue weighted by molar-refractivity contribution is -0.0496. The van der Waals surface area contributed by atoms with E-state index in [-0.39, 0.29) is 11.4 Å². The van der Waals surface area contributed by atoms with Crippen LogP contribution >= 0.6 is 0 Å². The van der Waals surface area contributed by atoms with Crippen LogP contribution in [0.15, 0.2) is 54.7 Å². The molecule has 2 bridgehead atoms. The summed E-state index contributed by atoms with van der Waals surface area (Å²) in [5, 5.41) is 0. The van der Waals surface area contributed by atoms with Crippen molar-refractivity contribution in [1.29, 1.82) is 0 Å². The molecule has 2 aromatic rings. The molecule has 22 heavy (non-hydrogen) atoms. The molecule has 4 rings (SSSR count). The lowest BCUT2D eigenvalue weighted by atomic mass is 9.71. The van der Waals surface area contributed by atoms with Crippen molar-refractivity contribution in [3.8, 4) is 0 Å². The standard InChI is InChI=1S/C19H20N2O/c22-18(17-11-5-7-13-20-17)21-16-10-4-6-12-19(21,14-16)15-8-2-1-3-9-15/h1-3,5,7-9,11,13,16H,4,6,10,12,14H2/t16-,19+/m1/s1. The van der Waals surface area contributed by atoms with E-state index in [9.17, 15) is 4.79 Å². The third kappa shape index (κ3) is 1.96. The molecule has 0 spiro atoms. The van der Waals surface area contributed by atoms with Gasteiger partial charge in [0, 0.05) is 12.2 Å². The molecule has 3 heterocycles. The Morgan fingerprint density at radius 2 is 1.91 bits per heavy atom. The van der Waals surface area contributed by atoms with E-state index < -0.39 is 0 Å². The Morgan fingerprint density at radius 3 is 2.68 bits per heavy atom. The molecule has 2 saturated heterocycles. The predicted molar refractivity (Wildman–Crippen MR) is 85.4 cm³/mol. The van der Waals surface area contributed by atoms with E-state index in [1.54, 1.807) is 6.20 Å². The van der Waals surface area contributed by atoms with Crippen LogP contribution in [0.1, 0.15) is 48.2 Å². The Balaban J connectivity index is 1.75. The highest BCUT2D eigenvalue weighted by Crippen LogP contribution is 2.52. The summed E-state index contributed by atoms with van der Waals surface area (Å²) in [6.07, 6.45) is 7.38. The average molecular weight is 292 g/mol. The monoisotopic (exact) mass is 292 g/mol. The highest BCUT2D eigenvalue weighted by molar-refractivity contribution is 5.94. The van der Waals surface area contributed by atoms with Gasteiger partial charge in [-0.25, -0.2) is 0 Å². The summed E-state index contributed by atoms with van der Waals surface area (Å²) < 4.78 is 0. The minimum absolute atomic E-state index is 0.0857. The number of carbonyl (C=O) groups excluding carboxylic acids is 1. The zero-order valence-electron chi connectivity index (χ0n) is 12.6. The third-order valence-corrected chi connectivity index (χ3v) is 5.19. The predicted octanol–water partition coefficient (Wildman–Crippen LogP) is 3.77. The molecule has 3 heteroatoms. The number of aromatic nitrogens is 1. The van der Waals surface area contributed by atoms with Gasteiger partial charge in [-0.2, -0.15) is 0 Å². The topological polar surface area (TPSA) is 33.2 Å². The summed E-state index contributed by atoms with van der Waals surface area (Å²) in [7, 11) is 0. The first-order chi connectivity index (χ1) is 10.8. The first-order valence-corrected chi connectivity index (χ1v) is 8.11. The summed E-state index contributed by atoms with van der Waals surface area (Å²) in [4.78, 5) is 19.4. The highest BCUT2D eigenvalue weighted by Gasteiger charge is 2.55. The molecule has 2 aliphatic heterocycles. The number of nitrogens with zero attached hydrogens (tertiary/aromatic N) is 2. The quantitative estimate of drug-likeness (QED) is 0.844. The van der Waals surface area contributed by atoms with Crippen molar-refractivity contribution in [3.05, 3.63) is 66.0 Å². The smallest absolute Gasteiger partial charge is 0.273 e. The van der Waals surface area contributed by atoms with E-state index in [0.29, 0.717) is 11.7 Å². The molecule has 0 N–H and O–H groups in total. The summed E-state index contributed by atoms with van der Waals surface area (Å²) >= 11 is 0. The molecule has 112 valence electrons. The van der Waals surface area contributed by atoms with Gasteiger partial charge in [0.2, 0.25) is 0 Å². The Labute approximate surface area is 131 Å². The van der Waals surface area contributed by atoms with Gasteiger partial charge in [0.25, 0.3) is 5.91 Å². The molecular weight excluding hydrogens is 272 g/mol. The van der Waals surface area contributed by atoms with E-state index in [0.717, 1.165) is 19.3 Å². The number of fused-ring (bicyclic) bond motifs is 2. The molecule has 0 aliphatic carbocycles. The van der Waals surface area contributed by atoms with Crippen molar-refractivity contribution in [2.75, 3.05) is 0 Å². The van der Waals surface area contributed by atoms with Crippen LogP contribution in [0.5, 0.6) is 0 Å². The number of benzene rings is 1. The van der Waals surface area contributed by atoms with Crippen LogP contribution in [-0.2, 0) is 5.54 Å². The maximum atomic E-state index is 13.0. The molecule has 0 unspecified atom stereocenters. The van der Waals surface area contributed by atoms with Crippen molar-refractivity contribution in [2.45, 2.75) is 43.7 Å². The van der Waals surface area contributed by atoms with Crippen molar-refractivity contribution in [2.24, 2.45) is 0 Å². The minimum Gasteiger partial charge on any atom is -0.324 e. The lowest BCUT2D eigenvalue weighted by Crippen LogP contribution is -2.64. The summed E-state index contributed by atoms with van der Waals surface area (Å²) in [6, 6.07) is 16.5. The second-order valence-electron chi connectivity index (χ2n) is 6.39. The largest absolute Gasteiger partial charge is 0.324 e. The van der Waals surface area contributed by atoms with Gasteiger partial charge in [0.1, 0.15) is 5.69 Å². The molecule has 1 aromatic heterocycles. The molecule has 2 atom stereocenters. The Hall–Kier alpha value is -2.16. The first kappa shape index (κ1) is 13.5. The van der Waals surface area contributed by atoms with Crippen molar-refractivity contribution >= 4 is 5.91 Å². The van der Waals surface area contributed by atoms with Gasteiger partial charge in [-0.3, -0.25) is 9.78 Å². The summed E-state index contributed by atoms with van der Waals surface area (Å²) in [5.41, 5.74) is 1.73. The maximum absolute atomic E-state index is 13.0. The van der Waals surface area contributed by atoms with Crippen molar-refractivity contribution in [1.82, 2.24) is 9.88 Å². The van der Waals surface area contributed by atoms with Crippen LogP contribution in [0.3, 0.4) is 0 Å². The fourth-order valence-electron chi connectivity index (χ4n) is 4.19. The minimum atomic E-state index is -0.114. The molecule has 0 saturated carbocycles. The van der Waals surface area contributed by atoms with E-state index in [1.807, 2.05) is 24.3 Å². The Morgan fingerprint density at radius 1 is 1.09 bits per heavy atom. The molecule has 1 amide bonds. The fourth-order valence-corrected chi connectivity index (χ4v) is 4.19. The molecule has 2 aliphatic rings. The number of amides is 1. The van der Waals surface area contributed by atoms with Crippen LogP contribution < -0.4 is 0 Å². The highest BCUT2D eigenvalue weighted by atomic mass is 16.2. The molecule has 0 radical (unpaired) electrons. The first-order valence-electron chi connectivity index (χ1n) is 8.11. The third-order valence-electron chi connectivity index (χ3n) is 5.19. The van der Waals surface area contributed by atoms with Crippen molar-refractivity contribution in [3.63, 3.8) is 0 Å².